The van der Waals surface area contributed by atoms with E-state index in [9.17, 15) is 14.9 Å². The fourth-order valence-electron chi connectivity index (χ4n) is 3.49. The molecule has 162 valence electrons. The standard InChI is InChI=1S/C24H19ClN2O5/c1-3-31-24(28)23-12-16-11-20(32-19-6-4-5-17(25)13-19)9-10-21(16)26(23)18-8-7-15(2)22(14-18)27(29)30/h4-14H,3H2,1-2H3. The van der Waals surface area contributed by atoms with Crippen molar-refractivity contribution >= 4 is 34.2 Å². The number of aryl methyl sites for hydroxylation is 1. The second kappa shape index (κ2) is 8.72. The Balaban J connectivity index is 1.85. The van der Waals surface area contributed by atoms with Gasteiger partial charge in [0.25, 0.3) is 5.69 Å². The van der Waals surface area contributed by atoms with Gasteiger partial charge in [0.1, 0.15) is 17.2 Å². The van der Waals surface area contributed by atoms with Crippen LogP contribution in [0.5, 0.6) is 11.5 Å². The molecule has 0 N–H and O–H groups in total. The lowest BCUT2D eigenvalue weighted by molar-refractivity contribution is -0.385. The number of rotatable bonds is 6. The number of aromatic nitrogens is 1. The molecular formula is C24H19ClN2O5. The Morgan fingerprint density at radius 3 is 2.56 bits per heavy atom. The first kappa shape index (κ1) is 21.4. The molecule has 8 heteroatoms. The van der Waals surface area contributed by atoms with E-state index in [1.807, 2.05) is 0 Å². The molecule has 4 rings (SSSR count). The van der Waals surface area contributed by atoms with Crippen LogP contribution < -0.4 is 4.74 Å². The maximum Gasteiger partial charge on any atom is 0.355 e. The Labute approximate surface area is 188 Å². The number of nitro groups is 1. The molecule has 1 aromatic heterocycles. The molecule has 0 bridgehead atoms. The lowest BCUT2D eigenvalue weighted by Gasteiger charge is -2.11. The number of hydrogen-bond acceptors (Lipinski definition) is 5. The number of benzene rings is 3. The number of carbonyl (C=O) groups excluding carboxylic acids is 1. The smallest absolute Gasteiger partial charge is 0.355 e. The minimum atomic E-state index is -0.524. The van der Waals surface area contributed by atoms with Crippen LogP contribution in [0, 0.1) is 17.0 Å². The van der Waals surface area contributed by atoms with Crippen molar-refractivity contribution in [1.82, 2.24) is 4.57 Å². The zero-order valence-electron chi connectivity index (χ0n) is 17.4. The van der Waals surface area contributed by atoms with Gasteiger partial charge in [-0.15, -0.1) is 0 Å². The zero-order valence-corrected chi connectivity index (χ0v) is 18.1. The maximum absolute atomic E-state index is 12.7. The van der Waals surface area contributed by atoms with Gasteiger partial charge in [0.15, 0.2) is 0 Å². The molecule has 0 aliphatic heterocycles. The fourth-order valence-corrected chi connectivity index (χ4v) is 3.67. The topological polar surface area (TPSA) is 83.6 Å². The van der Waals surface area contributed by atoms with Crippen molar-refractivity contribution in [3.63, 3.8) is 0 Å². The largest absolute Gasteiger partial charge is 0.461 e. The molecule has 7 nitrogen and oxygen atoms in total. The van der Waals surface area contributed by atoms with Crippen LogP contribution in [0.1, 0.15) is 23.0 Å². The summed E-state index contributed by atoms with van der Waals surface area (Å²) in [6, 6.07) is 18.9. The predicted molar refractivity (Wildman–Crippen MR) is 122 cm³/mol. The SMILES string of the molecule is CCOC(=O)c1cc2cc(Oc3cccc(Cl)c3)ccc2n1-c1ccc(C)c([N+](=O)[O-])c1. The Kier molecular flexibility index (Phi) is 5.83. The molecule has 0 unspecified atom stereocenters. The summed E-state index contributed by atoms with van der Waals surface area (Å²) in [6.07, 6.45) is 0. The third kappa shape index (κ3) is 4.15. The summed E-state index contributed by atoms with van der Waals surface area (Å²) in [7, 11) is 0. The van der Waals surface area contributed by atoms with Gasteiger partial charge in [-0.1, -0.05) is 23.7 Å². The summed E-state index contributed by atoms with van der Waals surface area (Å²) in [5.74, 6) is 0.613. The number of ether oxygens (including phenoxy) is 2. The van der Waals surface area contributed by atoms with E-state index in [1.165, 1.54) is 6.07 Å². The van der Waals surface area contributed by atoms with Crippen molar-refractivity contribution < 1.29 is 19.2 Å². The summed E-state index contributed by atoms with van der Waals surface area (Å²) in [6.45, 7) is 3.59. The number of fused-ring (bicyclic) bond motifs is 1. The van der Waals surface area contributed by atoms with Gasteiger partial charge in [-0.2, -0.15) is 0 Å². The number of nitro benzene ring substituents is 1. The molecule has 1 heterocycles. The second-order valence-corrected chi connectivity index (χ2v) is 7.53. The zero-order chi connectivity index (χ0) is 22.8. The van der Waals surface area contributed by atoms with Crippen LogP contribution in [0.15, 0.2) is 66.7 Å². The number of esters is 1. The highest BCUT2D eigenvalue weighted by atomic mass is 35.5. The van der Waals surface area contributed by atoms with E-state index in [0.717, 1.165) is 5.39 Å². The predicted octanol–water partition coefficient (Wildman–Crippen LogP) is 6.47. The summed E-state index contributed by atoms with van der Waals surface area (Å²) in [5.41, 5.74) is 1.94. The molecule has 0 aliphatic rings. The third-order valence-corrected chi connectivity index (χ3v) is 5.17. The van der Waals surface area contributed by atoms with E-state index >= 15 is 0 Å². The van der Waals surface area contributed by atoms with Crippen molar-refractivity contribution in [2.24, 2.45) is 0 Å². The third-order valence-electron chi connectivity index (χ3n) is 4.94. The fraction of sp³-hybridized carbons (Fsp3) is 0.125. The molecule has 32 heavy (non-hydrogen) atoms. The van der Waals surface area contributed by atoms with Gasteiger partial charge in [0, 0.05) is 22.0 Å². The quantitative estimate of drug-likeness (QED) is 0.191. The van der Waals surface area contributed by atoms with Gasteiger partial charge in [0.05, 0.1) is 22.7 Å². The Bertz CT molecular complexity index is 1350. The Hall–Kier alpha value is -3.84. The molecular weight excluding hydrogens is 432 g/mol. The van der Waals surface area contributed by atoms with Crippen molar-refractivity contribution in [2.45, 2.75) is 13.8 Å². The van der Waals surface area contributed by atoms with Crippen LogP contribution in [-0.4, -0.2) is 22.1 Å². The lowest BCUT2D eigenvalue weighted by Crippen LogP contribution is -2.11. The highest BCUT2D eigenvalue weighted by molar-refractivity contribution is 6.30. The highest BCUT2D eigenvalue weighted by Gasteiger charge is 2.21. The number of halogens is 1. The van der Waals surface area contributed by atoms with Crippen LogP contribution in [0.3, 0.4) is 0 Å². The summed E-state index contributed by atoms with van der Waals surface area (Å²) < 4.78 is 12.8. The molecule has 0 saturated heterocycles. The molecule has 3 aromatic carbocycles. The molecule has 0 saturated carbocycles. The van der Waals surface area contributed by atoms with E-state index in [0.29, 0.717) is 33.3 Å². The number of hydrogen-bond donors (Lipinski definition) is 0. The van der Waals surface area contributed by atoms with Gasteiger partial charge in [-0.25, -0.2) is 4.79 Å². The first-order valence-electron chi connectivity index (χ1n) is 9.89. The van der Waals surface area contributed by atoms with E-state index in [1.54, 1.807) is 79.1 Å². The molecule has 4 aromatic rings. The van der Waals surface area contributed by atoms with Crippen LogP contribution >= 0.6 is 11.6 Å². The van der Waals surface area contributed by atoms with Gasteiger partial charge < -0.3 is 14.0 Å². The molecule has 0 spiro atoms. The average Bonchev–Trinajstić information content (AvgIpc) is 3.13. The average molecular weight is 451 g/mol. The van der Waals surface area contributed by atoms with Crippen molar-refractivity contribution in [1.29, 1.82) is 0 Å². The molecule has 0 aliphatic carbocycles. The summed E-state index contributed by atoms with van der Waals surface area (Å²) >= 11 is 6.03. The Morgan fingerprint density at radius 1 is 1.06 bits per heavy atom. The minimum Gasteiger partial charge on any atom is -0.461 e. The molecule has 0 fully saturated rings. The van der Waals surface area contributed by atoms with Crippen LogP contribution in [-0.2, 0) is 4.74 Å². The van der Waals surface area contributed by atoms with Crippen LogP contribution in [0.4, 0.5) is 5.69 Å². The number of carbonyl (C=O) groups is 1. The Morgan fingerprint density at radius 2 is 1.84 bits per heavy atom. The van der Waals surface area contributed by atoms with Crippen molar-refractivity contribution in [3.8, 4) is 17.2 Å². The van der Waals surface area contributed by atoms with E-state index < -0.39 is 10.9 Å². The van der Waals surface area contributed by atoms with Gasteiger partial charge in [-0.05, 0) is 62.4 Å². The summed E-state index contributed by atoms with van der Waals surface area (Å²) in [5, 5.41) is 12.7. The van der Waals surface area contributed by atoms with Gasteiger partial charge >= 0.3 is 5.97 Å². The number of nitrogens with zero attached hydrogens (tertiary/aromatic N) is 2. The molecule has 0 radical (unpaired) electrons. The summed E-state index contributed by atoms with van der Waals surface area (Å²) in [4.78, 5) is 23.7. The molecule has 0 atom stereocenters. The van der Waals surface area contributed by atoms with Gasteiger partial charge in [-0.3, -0.25) is 10.1 Å². The van der Waals surface area contributed by atoms with E-state index in [-0.39, 0.29) is 18.0 Å². The lowest BCUT2D eigenvalue weighted by atomic mass is 10.1. The van der Waals surface area contributed by atoms with Crippen LogP contribution in [0.2, 0.25) is 5.02 Å². The van der Waals surface area contributed by atoms with Crippen molar-refractivity contribution in [3.05, 3.63) is 93.1 Å². The monoisotopic (exact) mass is 450 g/mol. The van der Waals surface area contributed by atoms with E-state index in [2.05, 4.69) is 0 Å². The normalized spacial score (nSPS) is 10.8. The van der Waals surface area contributed by atoms with Gasteiger partial charge in [0.2, 0.25) is 0 Å². The van der Waals surface area contributed by atoms with Crippen molar-refractivity contribution in [2.75, 3.05) is 6.61 Å². The molecule has 0 amide bonds. The van der Waals surface area contributed by atoms with E-state index in [4.69, 9.17) is 21.1 Å². The minimum absolute atomic E-state index is 0.0277. The second-order valence-electron chi connectivity index (χ2n) is 7.09. The first-order chi connectivity index (χ1) is 15.4. The van der Waals surface area contributed by atoms with Crippen LogP contribution in [0.25, 0.3) is 16.6 Å². The first-order valence-corrected chi connectivity index (χ1v) is 10.3. The highest BCUT2D eigenvalue weighted by Crippen LogP contribution is 2.32. The maximum atomic E-state index is 12.7.